The Hall–Kier alpha value is -1.89. The lowest BCUT2D eigenvalue weighted by atomic mass is 9.91. The molecule has 3 rings (SSSR count). The Morgan fingerprint density at radius 1 is 1.43 bits per heavy atom. The Bertz CT molecular complexity index is 556. The molecule has 0 N–H and O–H groups in total. The number of hydrogen-bond acceptors (Lipinski definition) is 4. The molecule has 0 bridgehead atoms. The maximum atomic E-state index is 12.5. The maximum absolute atomic E-state index is 12.5. The van der Waals surface area contributed by atoms with Gasteiger partial charge in [0.2, 0.25) is 5.91 Å². The first-order valence-electron chi connectivity index (χ1n) is 7.17. The van der Waals surface area contributed by atoms with E-state index in [1.165, 1.54) is 0 Å². The first-order valence-corrected chi connectivity index (χ1v) is 7.17. The van der Waals surface area contributed by atoms with Gasteiger partial charge in [-0.05, 0) is 6.42 Å². The standard InChI is InChI=1S/C14H20N4O3/c1-16-6-11(5-15-16)14(20)18-4-3-10-8-21-9-13(19)17(2)12(10)7-18/h5-6,10,12H,3-4,7-9H2,1-2H3/t10-,12-/m0/s1. The topological polar surface area (TPSA) is 67.7 Å². The van der Waals surface area contributed by atoms with Crippen LogP contribution in [0, 0.1) is 5.92 Å². The molecule has 0 unspecified atom stereocenters. The van der Waals surface area contributed by atoms with Crippen LogP contribution < -0.4 is 0 Å². The number of amides is 2. The number of likely N-dealkylation sites (N-methyl/N-ethyl adjacent to an activating group) is 1. The van der Waals surface area contributed by atoms with E-state index in [-0.39, 0.29) is 24.5 Å². The summed E-state index contributed by atoms with van der Waals surface area (Å²) >= 11 is 0. The van der Waals surface area contributed by atoms with E-state index in [1.54, 1.807) is 36.1 Å². The van der Waals surface area contributed by atoms with Crippen molar-refractivity contribution in [2.24, 2.45) is 13.0 Å². The number of carbonyl (C=O) groups excluding carboxylic acids is 2. The highest BCUT2D eigenvalue weighted by molar-refractivity contribution is 5.93. The Morgan fingerprint density at radius 2 is 2.24 bits per heavy atom. The van der Waals surface area contributed by atoms with E-state index in [1.807, 2.05) is 4.90 Å². The second-order valence-corrected chi connectivity index (χ2v) is 5.79. The Labute approximate surface area is 123 Å². The Morgan fingerprint density at radius 3 is 2.95 bits per heavy atom. The first-order chi connectivity index (χ1) is 10.1. The molecule has 2 aliphatic rings. The molecule has 0 saturated carbocycles. The molecule has 0 aromatic carbocycles. The number of aromatic nitrogens is 2. The van der Waals surface area contributed by atoms with Gasteiger partial charge >= 0.3 is 0 Å². The van der Waals surface area contributed by atoms with Crippen LogP contribution in [0.1, 0.15) is 16.8 Å². The lowest BCUT2D eigenvalue weighted by Gasteiger charge is -2.40. The van der Waals surface area contributed by atoms with E-state index >= 15 is 0 Å². The molecule has 7 heteroatoms. The summed E-state index contributed by atoms with van der Waals surface area (Å²) in [5.74, 6) is 0.269. The molecule has 2 aliphatic heterocycles. The zero-order valence-corrected chi connectivity index (χ0v) is 12.4. The maximum Gasteiger partial charge on any atom is 0.257 e. The van der Waals surface area contributed by atoms with Gasteiger partial charge in [0.05, 0.1) is 24.4 Å². The van der Waals surface area contributed by atoms with Crippen LogP contribution in [0.25, 0.3) is 0 Å². The van der Waals surface area contributed by atoms with Crippen molar-refractivity contribution in [2.45, 2.75) is 12.5 Å². The van der Waals surface area contributed by atoms with Crippen LogP contribution in [0.4, 0.5) is 0 Å². The summed E-state index contributed by atoms with van der Waals surface area (Å²) < 4.78 is 7.04. The minimum absolute atomic E-state index is 0.0156. The number of hydrogen-bond donors (Lipinski definition) is 0. The van der Waals surface area contributed by atoms with E-state index in [4.69, 9.17) is 4.74 Å². The molecule has 7 nitrogen and oxygen atoms in total. The molecular formula is C14H20N4O3. The molecule has 114 valence electrons. The van der Waals surface area contributed by atoms with Gasteiger partial charge < -0.3 is 14.5 Å². The molecule has 1 aromatic heterocycles. The van der Waals surface area contributed by atoms with Gasteiger partial charge in [0.1, 0.15) is 6.61 Å². The van der Waals surface area contributed by atoms with Gasteiger partial charge in [0.25, 0.3) is 5.91 Å². The third-order valence-electron chi connectivity index (χ3n) is 4.41. The molecule has 3 heterocycles. The monoisotopic (exact) mass is 292 g/mol. The highest BCUT2D eigenvalue weighted by Gasteiger charge is 2.38. The lowest BCUT2D eigenvalue weighted by Crippen LogP contribution is -2.54. The van der Waals surface area contributed by atoms with Crippen molar-refractivity contribution in [2.75, 3.05) is 33.4 Å². The molecule has 0 spiro atoms. The summed E-state index contributed by atoms with van der Waals surface area (Å²) in [6.07, 6.45) is 4.16. The quantitative estimate of drug-likeness (QED) is 0.715. The van der Waals surface area contributed by atoms with Crippen LogP contribution in [0.3, 0.4) is 0 Å². The molecule has 2 amide bonds. The molecule has 0 aliphatic carbocycles. The fraction of sp³-hybridized carbons (Fsp3) is 0.643. The van der Waals surface area contributed by atoms with Crippen molar-refractivity contribution in [1.82, 2.24) is 19.6 Å². The van der Waals surface area contributed by atoms with Gasteiger partial charge in [-0.15, -0.1) is 0 Å². The fourth-order valence-electron chi connectivity index (χ4n) is 3.10. The largest absolute Gasteiger partial charge is 0.371 e. The van der Waals surface area contributed by atoms with Crippen LogP contribution in [-0.2, 0) is 16.6 Å². The van der Waals surface area contributed by atoms with Crippen molar-refractivity contribution in [3.05, 3.63) is 18.0 Å². The van der Waals surface area contributed by atoms with E-state index in [9.17, 15) is 9.59 Å². The number of aryl methyl sites for hydroxylation is 1. The van der Waals surface area contributed by atoms with Crippen molar-refractivity contribution < 1.29 is 14.3 Å². The van der Waals surface area contributed by atoms with Crippen molar-refractivity contribution in [3.8, 4) is 0 Å². The molecule has 1 aromatic rings. The second kappa shape index (κ2) is 5.48. The Kier molecular flexibility index (Phi) is 3.67. The van der Waals surface area contributed by atoms with E-state index in [0.717, 1.165) is 6.42 Å². The van der Waals surface area contributed by atoms with Crippen molar-refractivity contribution in [3.63, 3.8) is 0 Å². The SMILES string of the molecule is CN1C(=O)COC[C@@H]2CCN(C(=O)c3cnn(C)c3)C[C@@H]21. The summed E-state index contributed by atoms with van der Waals surface area (Å²) in [5.41, 5.74) is 0.592. The fourth-order valence-corrected chi connectivity index (χ4v) is 3.10. The smallest absolute Gasteiger partial charge is 0.257 e. The first kappa shape index (κ1) is 14.1. The predicted octanol–water partition coefficient (Wildman–Crippen LogP) is -0.261. The number of carbonyl (C=O) groups is 2. The van der Waals surface area contributed by atoms with Crippen LogP contribution in [0.15, 0.2) is 12.4 Å². The number of fused-ring (bicyclic) bond motifs is 1. The van der Waals surface area contributed by atoms with E-state index < -0.39 is 0 Å². The number of likely N-dealkylation sites (tertiary alicyclic amines) is 1. The summed E-state index contributed by atoms with van der Waals surface area (Å²) in [6.45, 7) is 1.99. The minimum Gasteiger partial charge on any atom is -0.371 e. The Balaban J connectivity index is 1.75. The van der Waals surface area contributed by atoms with Gasteiger partial charge in [-0.3, -0.25) is 14.3 Å². The molecule has 2 saturated heterocycles. The number of piperidine rings is 1. The van der Waals surface area contributed by atoms with Crippen molar-refractivity contribution in [1.29, 1.82) is 0 Å². The minimum atomic E-state index is -0.0208. The molecule has 21 heavy (non-hydrogen) atoms. The third kappa shape index (κ3) is 2.65. The van der Waals surface area contributed by atoms with Crippen molar-refractivity contribution >= 4 is 11.8 Å². The average Bonchev–Trinajstić information content (AvgIpc) is 2.86. The number of ether oxygens (including phenoxy) is 1. The summed E-state index contributed by atoms with van der Waals surface area (Å²) in [4.78, 5) is 28.0. The molecule has 2 atom stereocenters. The summed E-state index contributed by atoms with van der Waals surface area (Å²) in [6, 6.07) is 0.0365. The predicted molar refractivity (Wildman–Crippen MR) is 74.6 cm³/mol. The summed E-state index contributed by atoms with van der Waals surface area (Å²) in [7, 11) is 3.59. The van der Waals surface area contributed by atoms with Crippen LogP contribution in [0.5, 0.6) is 0 Å². The highest BCUT2D eigenvalue weighted by atomic mass is 16.5. The van der Waals surface area contributed by atoms with Crippen LogP contribution in [0.2, 0.25) is 0 Å². The van der Waals surface area contributed by atoms with E-state index in [2.05, 4.69) is 5.10 Å². The molecule has 0 radical (unpaired) electrons. The summed E-state index contributed by atoms with van der Waals surface area (Å²) in [5, 5.41) is 4.04. The second-order valence-electron chi connectivity index (χ2n) is 5.79. The van der Waals surface area contributed by atoms with Gasteiger partial charge in [-0.25, -0.2) is 0 Å². The highest BCUT2D eigenvalue weighted by Crippen LogP contribution is 2.25. The van der Waals surface area contributed by atoms with Gasteiger partial charge in [0.15, 0.2) is 0 Å². The zero-order chi connectivity index (χ0) is 15.0. The number of rotatable bonds is 1. The normalized spacial score (nSPS) is 26.5. The molecule has 2 fully saturated rings. The third-order valence-corrected chi connectivity index (χ3v) is 4.41. The lowest BCUT2D eigenvalue weighted by molar-refractivity contribution is -0.134. The zero-order valence-electron chi connectivity index (χ0n) is 12.4. The van der Waals surface area contributed by atoms with Crippen LogP contribution >= 0.6 is 0 Å². The average molecular weight is 292 g/mol. The van der Waals surface area contributed by atoms with Gasteiger partial charge in [0, 0.05) is 39.3 Å². The van der Waals surface area contributed by atoms with Crippen LogP contribution in [-0.4, -0.2) is 70.8 Å². The van der Waals surface area contributed by atoms with Gasteiger partial charge in [-0.2, -0.15) is 5.10 Å². The van der Waals surface area contributed by atoms with Gasteiger partial charge in [-0.1, -0.05) is 0 Å². The molecular weight excluding hydrogens is 272 g/mol. The van der Waals surface area contributed by atoms with E-state index in [0.29, 0.717) is 31.2 Å². The number of nitrogens with zero attached hydrogens (tertiary/aromatic N) is 4.